The minimum atomic E-state index is -1.49. The average Bonchev–Trinajstić information content (AvgIpc) is 2.02. The first-order valence-corrected chi connectivity index (χ1v) is 3.46. The van der Waals surface area contributed by atoms with Crippen LogP contribution in [-0.4, -0.2) is 51.1 Å². The summed E-state index contributed by atoms with van der Waals surface area (Å²) in [5.74, 6) is 4.70. The van der Waals surface area contributed by atoms with Crippen LogP contribution in [0.5, 0.6) is 0 Å². The molecule has 0 heterocycles. The number of aliphatic hydroxyl groups is 4. The molecule has 0 aromatic carbocycles. The summed E-state index contributed by atoms with van der Waals surface area (Å²) in [6.45, 7) is 1.29. The minimum absolute atomic E-state index is 0.871. The van der Waals surface area contributed by atoms with Gasteiger partial charge in [0.2, 0.25) is 0 Å². The highest BCUT2D eigenvalue weighted by molar-refractivity contribution is 5.63. The number of aliphatic hydroxyl groups excluding tert-OH is 4. The van der Waals surface area contributed by atoms with Crippen LogP contribution in [0.2, 0.25) is 0 Å². The van der Waals surface area contributed by atoms with Gasteiger partial charge in [-0.05, 0) is 6.92 Å². The molecule has 0 bridgehead atoms. The van der Waals surface area contributed by atoms with Crippen molar-refractivity contribution in [1.29, 1.82) is 0 Å². The number of hydrazone groups is 1. The number of hydrogen-bond acceptors (Lipinski definition) is 6. The average molecular weight is 178 g/mol. The van der Waals surface area contributed by atoms with Gasteiger partial charge in [0.05, 0.1) is 12.3 Å². The predicted molar refractivity (Wildman–Crippen MR) is 42.4 cm³/mol. The first-order valence-electron chi connectivity index (χ1n) is 3.46. The monoisotopic (exact) mass is 178 g/mol. The zero-order valence-corrected chi connectivity index (χ0v) is 6.70. The van der Waals surface area contributed by atoms with Gasteiger partial charge in [-0.2, -0.15) is 5.10 Å². The number of nitrogens with zero attached hydrogens (tertiary/aromatic N) is 1. The molecule has 6 heteroatoms. The van der Waals surface area contributed by atoms with E-state index in [4.69, 9.17) is 26.3 Å². The summed E-state index contributed by atoms with van der Waals surface area (Å²) in [7, 11) is 0. The fourth-order valence-corrected chi connectivity index (χ4v) is 0.664. The van der Waals surface area contributed by atoms with E-state index >= 15 is 0 Å². The molecule has 6 N–H and O–H groups in total. The van der Waals surface area contributed by atoms with Crippen LogP contribution in [0.15, 0.2) is 5.10 Å². The lowest BCUT2D eigenvalue weighted by atomic mass is 10.1. The van der Waals surface area contributed by atoms with E-state index in [1.807, 2.05) is 0 Å². The zero-order chi connectivity index (χ0) is 9.72. The smallest absolute Gasteiger partial charge is 0.119 e. The lowest BCUT2D eigenvalue weighted by Crippen LogP contribution is -2.44. The maximum absolute atomic E-state index is 9.08. The largest absolute Gasteiger partial charge is 0.391 e. The van der Waals surface area contributed by atoms with Crippen molar-refractivity contribution in [2.75, 3.05) is 0 Å². The fraction of sp³-hybridized carbons (Fsp3) is 0.833. The second-order valence-electron chi connectivity index (χ2n) is 2.51. The Hall–Kier alpha value is -0.690. The quantitative estimate of drug-likeness (QED) is 0.184. The minimum Gasteiger partial charge on any atom is -0.391 e. The Labute approximate surface area is 69.9 Å². The molecule has 0 aliphatic heterocycles. The van der Waals surface area contributed by atoms with Crippen LogP contribution in [0.4, 0.5) is 0 Å². The highest BCUT2D eigenvalue weighted by Crippen LogP contribution is 2.02. The molecule has 0 saturated heterocycles. The number of rotatable bonds is 4. The Morgan fingerprint density at radius 2 is 1.67 bits per heavy atom. The van der Waals surface area contributed by atoms with Gasteiger partial charge < -0.3 is 26.3 Å². The Morgan fingerprint density at radius 1 is 1.17 bits per heavy atom. The molecule has 0 fully saturated rings. The fourth-order valence-electron chi connectivity index (χ4n) is 0.664. The maximum Gasteiger partial charge on any atom is 0.119 e. The molecule has 0 saturated carbocycles. The lowest BCUT2D eigenvalue weighted by molar-refractivity contribution is -0.0821. The summed E-state index contributed by atoms with van der Waals surface area (Å²) in [6, 6.07) is 0. The Balaban J connectivity index is 4.08. The van der Waals surface area contributed by atoms with Gasteiger partial charge in [0.25, 0.3) is 0 Å². The summed E-state index contributed by atoms with van der Waals surface area (Å²) in [4.78, 5) is 0. The Morgan fingerprint density at radius 3 is 2.00 bits per heavy atom. The third-order valence-corrected chi connectivity index (χ3v) is 1.43. The predicted octanol–water partition coefficient (Wildman–Crippen LogP) is -2.61. The van der Waals surface area contributed by atoms with Crippen LogP contribution in [-0.2, 0) is 0 Å². The van der Waals surface area contributed by atoms with Gasteiger partial charge in [-0.15, -0.1) is 0 Å². The van der Waals surface area contributed by atoms with Crippen molar-refractivity contribution in [2.45, 2.75) is 31.3 Å². The van der Waals surface area contributed by atoms with E-state index in [0.29, 0.717) is 0 Å². The van der Waals surface area contributed by atoms with E-state index in [2.05, 4.69) is 5.10 Å². The van der Waals surface area contributed by atoms with Crippen molar-refractivity contribution in [3.63, 3.8) is 0 Å². The maximum atomic E-state index is 9.08. The van der Waals surface area contributed by atoms with Crippen molar-refractivity contribution in [2.24, 2.45) is 10.9 Å². The molecule has 0 unspecified atom stereocenters. The highest BCUT2D eigenvalue weighted by atomic mass is 16.4. The van der Waals surface area contributed by atoms with Gasteiger partial charge in [-0.25, -0.2) is 0 Å². The molecule has 4 atom stereocenters. The number of hydrogen-bond donors (Lipinski definition) is 5. The number of nitrogens with two attached hydrogens (primary N) is 1. The first-order chi connectivity index (χ1) is 5.50. The van der Waals surface area contributed by atoms with Crippen molar-refractivity contribution >= 4 is 6.21 Å². The topological polar surface area (TPSA) is 119 Å². The normalized spacial score (nSPS) is 22.1. The van der Waals surface area contributed by atoms with E-state index in [1.165, 1.54) is 6.92 Å². The SMILES string of the molecule is C[C@H](O)[C@H](O)[C@@H](O)[C@@H](O)C=NN. The van der Waals surface area contributed by atoms with Gasteiger partial charge in [0.15, 0.2) is 0 Å². The van der Waals surface area contributed by atoms with Gasteiger partial charge in [-0.3, -0.25) is 0 Å². The van der Waals surface area contributed by atoms with Gasteiger partial charge in [0.1, 0.15) is 18.3 Å². The molecule has 6 nitrogen and oxygen atoms in total. The van der Waals surface area contributed by atoms with Gasteiger partial charge in [0, 0.05) is 0 Å². The second kappa shape index (κ2) is 5.04. The molecule has 0 spiro atoms. The molecule has 12 heavy (non-hydrogen) atoms. The van der Waals surface area contributed by atoms with Gasteiger partial charge >= 0.3 is 0 Å². The molecule has 0 aliphatic carbocycles. The van der Waals surface area contributed by atoms with Crippen molar-refractivity contribution in [1.82, 2.24) is 0 Å². The Bertz CT molecular complexity index is 150. The van der Waals surface area contributed by atoms with E-state index in [0.717, 1.165) is 6.21 Å². The molecule has 0 rings (SSSR count). The van der Waals surface area contributed by atoms with Crippen LogP contribution >= 0.6 is 0 Å². The van der Waals surface area contributed by atoms with Gasteiger partial charge in [-0.1, -0.05) is 0 Å². The Kier molecular flexibility index (Phi) is 4.75. The lowest BCUT2D eigenvalue weighted by Gasteiger charge is -2.22. The summed E-state index contributed by atoms with van der Waals surface area (Å²) < 4.78 is 0. The van der Waals surface area contributed by atoms with Crippen molar-refractivity contribution in [3.8, 4) is 0 Å². The second-order valence-corrected chi connectivity index (χ2v) is 2.51. The van der Waals surface area contributed by atoms with Crippen LogP contribution in [0, 0.1) is 0 Å². The summed E-state index contributed by atoms with van der Waals surface area (Å²) >= 11 is 0. The summed E-state index contributed by atoms with van der Waals surface area (Å²) in [5, 5.41) is 38.9. The van der Waals surface area contributed by atoms with E-state index in [-0.39, 0.29) is 0 Å². The molecule has 0 aromatic heterocycles. The molecule has 0 aromatic rings. The van der Waals surface area contributed by atoms with E-state index in [9.17, 15) is 0 Å². The van der Waals surface area contributed by atoms with Crippen LogP contribution in [0.1, 0.15) is 6.92 Å². The van der Waals surface area contributed by atoms with E-state index < -0.39 is 24.4 Å². The van der Waals surface area contributed by atoms with Crippen molar-refractivity contribution in [3.05, 3.63) is 0 Å². The molecular formula is C6H14N2O4. The molecule has 0 aliphatic rings. The van der Waals surface area contributed by atoms with Crippen molar-refractivity contribution < 1.29 is 20.4 Å². The van der Waals surface area contributed by atoms with Crippen LogP contribution in [0.25, 0.3) is 0 Å². The third kappa shape index (κ3) is 3.14. The van der Waals surface area contributed by atoms with Crippen LogP contribution in [0.3, 0.4) is 0 Å². The van der Waals surface area contributed by atoms with Crippen LogP contribution < -0.4 is 5.84 Å². The standard InChI is InChI=1S/C6H14N2O4/c1-3(9)5(11)6(12)4(10)2-8-7/h2-6,9-12H,7H2,1H3/t3-,4-,5-,6-/m0/s1. The van der Waals surface area contributed by atoms with E-state index in [1.54, 1.807) is 0 Å². The highest BCUT2D eigenvalue weighted by Gasteiger charge is 2.26. The zero-order valence-electron chi connectivity index (χ0n) is 6.70. The third-order valence-electron chi connectivity index (χ3n) is 1.43. The molecule has 72 valence electrons. The molecular weight excluding hydrogens is 164 g/mol. The molecule has 0 amide bonds. The summed E-state index contributed by atoms with van der Waals surface area (Å²) in [6.07, 6.45) is -4.54. The first kappa shape index (κ1) is 11.3. The summed E-state index contributed by atoms with van der Waals surface area (Å²) in [5.41, 5.74) is 0. The molecule has 0 radical (unpaired) electrons.